The van der Waals surface area contributed by atoms with Crippen LogP contribution in [0.15, 0.2) is 28.8 Å². The zero-order valence-corrected chi connectivity index (χ0v) is 14.6. The molecule has 0 amide bonds. The Kier molecular flexibility index (Phi) is 4.72. The number of β-amino-alcohol motifs (C(OH)–C–C–N with tert-alkyl or cyclic N) is 1. The number of ether oxygens (including phenoxy) is 1. The predicted molar refractivity (Wildman–Crippen MR) is 92.5 cm³/mol. The summed E-state index contributed by atoms with van der Waals surface area (Å²) in [5, 5.41) is 14.5. The van der Waals surface area contributed by atoms with Gasteiger partial charge >= 0.3 is 0 Å². The SMILES string of the molecule is Cc1ccc(OC[C@@H](O)CN2CCC[C@H]2c2noc(C3CC3)n2)cc1. The summed E-state index contributed by atoms with van der Waals surface area (Å²) in [5.41, 5.74) is 1.19. The summed E-state index contributed by atoms with van der Waals surface area (Å²) in [4.78, 5) is 6.82. The van der Waals surface area contributed by atoms with Gasteiger partial charge in [-0.05, 0) is 51.3 Å². The van der Waals surface area contributed by atoms with Crippen LogP contribution in [0.2, 0.25) is 0 Å². The number of aliphatic hydroxyl groups is 1. The minimum Gasteiger partial charge on any atom is -0.491 e. The normalized spacial score (nSPS) is 22.2. The topological polar surface area (TPSA) is 71.6 Å². The molecule has 0 spiro atoms. The predicted octanol–water partition coefficient (Wildman–Crippen LogP) is 2.83. The molecular formula is C19H25N3O3. The van der Waals surface area contributed by atoms with E-state index in [2.05, 4.69) is 15.0 Å². The van der Waals surface area contributed by atoms with Gasteiger partial charge in [-0.2, -0.15) is 4.98 Å². The summed E-state index contributed by atoms with van der Waals surface area (Å²) in [6, 6.07) is 8.02. The van der Waals surface area contributed by atoms with Crippen molar-refractivity contribution in [1.82, 2.24) is 15.0 Å². The zero-order valence-electron chi connectivity index (χ0n) is 14.6. The average molecular weight is 343 g/mol. The van der Waals surface area contributed by atoms with E-state index >= 15 is 0 Å². The van der Waals surface area contributed by atoms with Crippen molar-refractivity contribution >= 4 is 0 Å². The maximum atomic E-state index is 10.4. The van der Waals surface area contributed by atoms with E-state index in [0.717, 1.165) is 49.7 Å². The van der Waals surface area contributed by atoms with E-state index in [1.54, 1.807) is 0 Å². The molecule has 1 aliphatic carbocycles. The first-order valence-corrected chi connectivity index (χ1v) is 9.14. The van der Waals surface area contributed by atoms with Crippen molar-refractivity contribution in [3.63, 3.8) is 0 Å². The molecule has 0 unspecified atom stereocenters. The molecule has 2 aliphatic rings. The van der Waals surface area contributed by atoms with Gasteiger partial charge in [-0.25, -0.2) is 0 Å². The first-order valence-electron chi connectivity index (χ1n) is 9.14. The van der Waals surface area contributed by atoms with Crippen LogP contribution in [0.3, 0.4) is 0 Å². The van der Waals surface area contributed by atoms with Crippen molar-refractivity contribution in [3.8, 4) is 5.75 Å². The van der Waals surface area contributed by atoms with Crippen LogP contribution in [0.5, 0.6) is 5.75 Å². The second-order valence-electron chi connectivity index (χ2n) is 7.20. The molecule has 6 nitrogen and oxygen atoms in total. The lowest BCUT2D eigenvalue weighted by Gasteiger charge is -2.24. The van der Waals surface area contributed by atoms with Crippen LogP contribution in [-0.2, 0) is 0 Å². The number of benzene rings is 1. The Morgan fingerprint density at radius 2 is 2.08 bits per heavy atom. The van der Waals surface area contributed by atoms with Crippen molar-refractivity contribution in [3.05, 3.63) is 41.5 Å². The number of aryl methyl sites for hydroxylation is 1. The first-order chi connectivity index (χ1) is 12.2. The summed E-state index contributed by atoms with van der Waals surface area (Å²) < 4.78 is 11.1. The number of aliphatic hydroxyl groups excluding tert-OH is 1. The van der Waals surface area contributed by atoms with E-state index in [-0.39, 0.29) is 12.6 Å². The molecule has 2 heterocycles. The number of nitrogens with zero attached hydrogens (tertiary/aromatic N) is 3. The Morgan fingerprint density at radius 1 is 1.28 bits per heavy atom. The fourth-order valence-corrected chi connectivity index (χ4v) is 3.37. The highest BCUT2D eigenvalue weighted by molar-refractivity contribution is 5.26. The van der Waals surface area contributed by atoms with Gasteiger partial charge in [0.1, 0.15) is 18.5 Å². The maximum Gasteiger partial charge on any atom is 0.229 e. The lowest BCUT2D eigenvalue weighted by atomic mass is 10.2. The maximum absolute atomic E-state index is 10.4. The molecule has 0 bridgehead atoms. The first kappa shape index (κ1) is 16.5. The van der Waals surface area contributed by atoms with Gasteiger partial charge in [0.25, 0.3) is 0 Å². The van der Waals surface area contributed by atoms with E-state index in [0.29, 0.717) is 12.5 Å². The monoisotopic (exact) mass is 343 g/mol. The molecule has 1 aliphatic heterocycles. The smallest absolute Gasteiger partial charge is 0.229 e. The molecule has 1 saturated heterocycles. The Bertz CT molecular complexity index is 696. The van der Waals surface area contributed by atoms with E-state index in [9.17, 15) is 5.11 Å². The fourth-order valence-electron chi connectivity index (χ4n) is 3.37. The van der Waals surface area contributed by atoms with Gasteiger partial charge in [-0.15, -0.1) is 0 Å². The minimum absolute atomic E-state index is 0.144. The van der Waals surface area contributed by atoms with Gasteiger partial charge < -0.3 is 14.4 Å². The van der Waals surface area contributed by atoms with Crippen molar-refractivity contribution < 1.29 is 14.4 Å². The van der Waals surface area contributed by atoms with Gasteiger partial charge in [0.05, 0.1) is 6.04 Å². The third kappa shape index (κ3) is 4.02. The van der Waals surface area contributed by atoms with Gasteiger partial charge in [-0.1, -0.05) is 22.9 Å². The Labute approximate surface area is 147 Å². The van der Waals surface area contributed by atoms with Gasteiger partial charge in [0.2, 0.25) is 5.89 Å². The summed E-state index contributed by atoms with van der Waals surface area (Å²) >= 11 is 0. The summed E-state index contributed by atoms with van der Waals surface area (Å²) in [5.74, 6) is 2.82. The second kappa shape index (κ2) is 7.14. The number of hydrogen-bond donors (Lipinski definition) is 1. The van der Waals surface area contributed by atoms with E-state index in [1.165, 1.54) is 5.56 Å². The van der Waals surface area contributed by atoms with E-state index in [1.807, 2.05) is 31.2 Å². The van der Waals surface area contributed by atoms with Crippen molar-refractivity contribution in [1.29, 1.82) is 0 Å². The zero-order chi connectivity index (χ0) is 17.2. The van der Waals surface area contributed by atoms with E-state index in [4.69, 9.17) is 9.26 Å². The highest BCUT2D eigenvalue weighted by Crippen LogP contribution is 2.40. The third-order valence-corrected chi connectivity index (χ3v) is 4.95. The third-order valence-electron chi connectivity index (χ3n) is 4.95. The molecule has 25 heavy (non-hydrogen) atoms. The molecule has 2 atom stereocenters. The van der Waals surface area contributed by atoms with Crippen molar-refractivity contribution in [2.45, 2.75) is 50.7 Å². The minimum atomic E-state index is -0.545. The van der Waals surface area contributed by atoms with Crippen LogP contribution < -0.4 is 4.74 Å². The van der Waals surface area contributed by atoms with Crippen LogP contribution in [-0.4, -0.2) is 45.9 Å². The Hall–Kier alpha value is -1.92. The molecule has 1 aromatic heterocycles. The molecule has 1 saturated carbocycles. The average Bonchev–Trinajstić information content (AvgIpc) is 3.16. The number of hydrogen-bond acceptors (Lipinski definition) is 6. The summed E-state index contributed by atoms with van der Waals surface area (Å²) in [6.07, 6.45) is 3.87. The number of aromatic nitrogens is 2. The molecule has 2 aromatic rings. The molecule has 1 N–H and O–H groups in total. The van der Waals surface area contributed by atoms with Crippen molar-refractivity contribution in [2.24, 2.45) is 0 Å². The molecular weight excluding hydrogens is 318 g/mol. The van der Waals surface area contributed by atoms with Crippen LogP contribution in [0.1, 0.15) is 54.9 Å². The Balaban J connectivity index is 1.31. The number of likely N-dealkylation sites (tertiary alicyclic amines) is 1. The largest absolute Gasteiger partial charge is 0.491 e. The standard InChI is InChI=1S/C19H25N3O3/c1-13-4-8-16(9-5-13)24-12-15(23)11-22-10-2-3-17(22)18-20-19(25-21-18)14-6-7-14/h4-5,8-9,14-15,17,23H,2-3,6-7,10-12H2,1H3/t15-,17-/m0/s1. The molecule has 0 radical (unpaired) electrons. The highest BCUT2D eigenvalue weighted by atomic mass is 16.5. The summed E-state index contributed by atoms with van der Waals surface area (Å²) in [6.45, 7) is 3.83. The highest BCUT2D eigenvalue weighted by Gasteiger charge is 2.34. The van der Waals surface area contributed by atoms with Gasteiger partial charge in [-0.3, -0.25) is 4.90 Å². The van der Waals surface area contributed by atoms with Crippen LogP contribution in [0.4, 0.5) is 0 Å². The lowest BCUT2D eigenvalue weighted by Crippen LogP contribution is -2.35. The lowest BCUT2D eigenvalue weighted by molar-refractivity contribution is 0.0623. The van der Waals surface area contributed by atoms with E-state index < -0.39 is 6.10 Å². The summed E-state index contributed by atoms with van der Waals surface area (Å²) in [7, 11) is 0. The fraction of sp³-hybridized carbons (Fsp3) is 0.579. The van der Waals surface area contributed by atoms with Crippen LogP contribution >= 0.6 is 0 Å². The second-order valence-corrected chi connectivity index (χ2v) is 7.20. The van der Waals surface area contributed by atoms with Crippen LogP contribution in [0.25, 0.3) is 0 Å². The van der Waals surface area contributed by atoms with Crippen LogP contribution in [0, 0.1) is 6.92 Å². The molecule has 1 aromatic carbocycles. The van der Waals surface area contributed by atoms with Gasteiger partial charge in [0.15, 0.2) is 5.82 Å². The molecule has 4 rings (SSSR count). The molecule has 134 valence electrons. The molecule has 6 heteroatoms. The Morgan fingerprint density at radius 3 is 2.84 bits per heavy atom. The quantitative estimate of drug-likeness (QED) is 0.833. The number of rotatable bonds is 7. The molecule has 2 fully saturated rings. The van der Waals surface area contributed by atoms with Crippen molar-refractivity contribution in [2.75, 3.05) is 19.7 Å². The van der Waals surface area contributed by atoms with Gasteiger partial charge in [0, 0.05) is 12.5 Å².